The van der Waals surface area contributed by atoms with Crippen LogP contribution < -0.4 is 10.5 Å². The van der Waals surface area contributed by atoms with E-state index in [1.54, 1.807) is 13.3 Å². The minimum absolute atomic E-state index is 0.0579. The molecule has 0 radical (unpaired) electrons. The maximum Gasteiger partial charge on any atom is 0.212 e. The van der Waals surface area contributed by atoms with Gasteiger partial charge in [0.1, 0.15) is 0 Å². The maximum absolute atomic E-state index is 6.15. The molecule has 0 amide bonds. The van der Waals surface area contributed by atoms with E-state index >= 15 is 0 Å². The molecule has 2 rings (SSSR count). The van der Waals surface area contributed by atoms with E-state index in [4.69, 9.17) is 22.1 Å². The van der Waals surface area contributed by atoms with Crippen LogP contribution in [0, 0.1) is 0 Å². The maximum atomic E-state index is 6.15. The molecular weight excluding hydrogens is 248 g/mol. The Kier molecular flexibility index (Phi) is 4.18. The van der Waals surface area contributed by atoms with Gasteiger partial charge in [0.15, 0.2) is 0 Å². The first-order valence-electron chi connectivity index (χ1n) is 5.69. The third kappa shape index (κ3) is 3.22. The molecule has 18 heavy (non-hydrogen) atoms. The third-order valence-electron chi connectivity index (χ3n) is 2.76. The van der Waals surface area contributed by atoms with Gasteiger partial charge in [0.05, 0.1) is 7.11 Å². The second kappa shape index (κ2) is 5.85. The van der Waals surface area contributed by atoms with E-state index in [-0.39, 0.29) is 6.04 Å². The van der Waals surface area contributed by atoms with Gasteiger partial charge >= 0.3 is 0 Å². The lowest BCUT2D eigenvalue weighted by Crippen LogP contribution is -2.13. The Morgan fingerprint density at radius 3 is 2.50 bits per heavy atom. The van der Waals surface area contributed by atoms with Gasteiger partial charge < -0.3 is 10.5 Å². The molecule has 2 N–H and O–H groups in total. The van der Waals surface area contributed by atoms with Gasteiger partial charge in [-0.05, 0) is 29.7 Å². The van der Waals surface area contributed by atoms with Crippen molar-refractivity contribution in [2.24, 2.45) is 5.73 Å². The quantitative estimate of drug-likeness (QED) is 0.922. The molecule has 0 fully saturated rings. The summed E-state index contributed by atoms with van der Waals surface area (Å²) in [5.74, 6) is 0.610. The highest BCUT2D eigenvalue weighted by molar-refractivity contribution is 6.30. The third-order valence-corrected chi connectivity index (χ3v) is 3.01. The van der Waals surface area contributed by atoms with Crippen molar-refractivity contribution < 1.29 is 4.74 Å². The first kappa shape index (κ1) is 12.9. The highest BCUT2D eigenvalue weighted by atomic mass is 35.5. The molecule has 0 saturated carbocycles. The predicted octanol–water partition coefficient (Wildman–Crippen LogP) is 2.99. The molecular formula is C14H15ClN2O. The Hall–Kier alpha value is -1.58. The molecule has 0 aliphatic rings. The number of ether oxygens (including phenoxy) is 1. The van der Waals surface area contributed by atoms with Gasteiger partial charge in [0, 0.05) is 23.3 Å². The summed E-state index contributed by atoms with van der Waals surface area (Å²) in [4.78, 5) is 4.16. The van der Waals surface area contributed by atoms with E-state index in [0.29, 0.717) is 5.88 Å². The molecule has 0 spiro atoms. The minimum atomic E-state index is -0.0579. The molecule has 4 heteroatoms. The Morgan fingerprint density at radius 2 is 1.94 bits per heavy atom. The largest absolute Gasteiger partial charge is 0.481 e. The number of hydrogen-bond acceptors (Lipinski definition) is 3. The summed E-state index contributed by atoms with van der Waals surface area (Å²) in [5.41, 5.74) is 8.29. The van der Waals surface area contributed by atoms with Gasteiger partial charge in [0.2, 0.25) is 5.88 Å². The first-order chi connectivity index (χ1) is 8.69. The zero-order chi connectivity index (χ0) is 13.0. The molecule has 1 atom stereocenters. The van der Waals surface area contributed by atoms with Gasteiger partial charge in [-0.1, -0.05) is 29.8 Å². The molecule has 1 unspecified atom stereocenters. The summed E-state index contributed by atoms with van der Waals surface area (Å²) < 4.78 is 5.01. The standard InChI is InChI=1S/C14H15ClN2O/c1-18-14-7-2-10(9-17-14)8-13(16)11-3-5-12(15)6-4-11/h2-7,9,13H,8,16H2,1H3. The van der Waals surface area contributed by atoms with Crippen LogP contribution in [0.4, 0.5) is 0 Å². The van der Waals surface area contributed by atoms with Crippen LogP contribution in [-0.2, 0) is 6.42 Å². The highest BCUT2D eigenvalue weighted by Crippen LogP contribution is 2.19. The number of aromatic nitrogens is 1. The van der Waals surface area contributed by atoms with Gasteiger partial charge in [-0.15, -0.1) is 0 Å². The van der Waals surface area contributed by atoms with Crippen LogP contribution in [-0.4, -0.2) is 12.1 Å². The van der Waals surface area contributed by atoms with Crippen molar-refractivity contribution in [1.29, 1.82) is 0 Å². The van der Waals surface area contributed by atoms with Crippen LogP contribution in [0.3, 0.4) is 0 Å². The monoisotopic (exact) mass is 262 g/mol. The Bertz CT molecular complexity index is 496. The SMILES string of the molecule is COc1ccc(CC(N)c2ccc(Cl)cc2)cn1. The van der Waals surface area contributed by atoms with E-state index in [0.717, 1.165) is 22.6 Å². The molecule has 2 aromatic rings. The second-order valence-corrected chi connectivity index (χ2v) is 4.51. The highest BCUT2D eigenvalue weighted by Gasteiger charge is 2.07. The molecule has 0 bridgehead atoms. The van der Waals surface area contributed by atoms with Crippen molar-refractivity contribution in [3.05, 3.63) is 58.7 Å². The fraction of sp³-hybridized carbons (Fsp3) is 0.214. The number of nitrogens with two attached hydrogens (primary N) is 1. The summed E-state index contributed by atoms with van der Waals surface area (Å²) in [6, 6.07) is 11.4. The van der Waals surface area contributed by atoms with Crippen LogP contribution >= 0.6 is 11.6 Å². The lowest BCUT2D eigenvalue weighted by Gasteiger charge is -2.12. The molecule has 0 aliphatic carbocycles. The summed E-state index contributed by atoms with van der Waals surface area (Å²) in [5, 5.41) is 0.720. The number of halogens is 1. The lowest BCUT2D eigenvalue weighted by atomic mass is 10.0. The van der Waals surface area contributed by atoms with Crippen molar-refractivity contribution in [1.82, 2.24) is 4.98 Å². The minimum Gasteiger partial charge on any atom is -0.481 e. The molecule has 0 aliphatic heterocycles. The summed E-state index contributed by atoms with van der Waals surface area (Å²) >= 11 is 5.85. The summed E-state index contributed by atoms with van der Waals surface area (Å²) in [6.07, 6.45) is 2.52. The number of nitrogens with zero attached hydrogens (tertiary/aromatic N) is 1. The second-order valence-electron chi connectivity index (χ2n) is 4.07. The smallest absolute Gasteiger partial charge is 0.212 e. The molecule has 0 saturated heterocycles. The van der Waals surface area contributed by atoms with Crippen LogP contribution in [0.1, 0.15) is 17.2 Å². The van der Waals surface area contributed by atoms with Crippen LogP contribution in [0.25, 0.3) is 0 Å². The van der Waals surface area contributed by atoms with Crippen molar-refractivity contribution in [3.8, 4) is 5.88 Å². The van der Waals surface area contributed by atoms with Crippen LogP contribution in [0.2, 0.25) is 5.02 Å². The Labute approximate surface area is 112 Å². The van der Waals surface area contributed by atoms with Crippen LogP contribution in [0.15, 0.2) is 42.6 Å². The molecule has 1 heterocycles. The fourth-order valence-electron chi connectivity index (χ4n) is 1.73. The number of methoxy groups -OCH3 is 1. The van der Waals surface area contributed by atoms with Gasteiger partial charge in [0.25, 0.3) is 0 Å². The van der Waals surface area contributed by atoms with Crippen molar-refractivity contribution in [3.63, 3.8) is 0 Å². The molecule has 1 aromatic heterocycles. The van der Waals surface area contributed by atoms with Crippen LogP contribution in [0.5, 0.6) is 5.88 Å². The molecule has 94 valence electrons. The van der Waals surface area contributed by atoms with E-state index in [9.17, 15) is 0 Å². The number of benzene rings is 1. The number of hydrogen-bond donors (Lipinski definition) is 1. The zero-order valence-corrected chi connectivity index (χ0v) is 10.9. The lowest BCUT2D eigenvalue weighted by molar-refractivity contribution is 0.397. The summed E-state index contributed by atoms with van der Waals surface area (Å²) in [7, 11) is 1.60. The van der Waals surface area contributed by atoms with Gasteiger partial charge in [-0.2, -0.15) is 0 Å². The van der Waals surface area contributed by atoms with Gasteiger partial charge in [-0.3, -0.25) is 0 Å². The molecule has 1 aromatic carbocycles. The number of pyridine rings is 1. The predicted molar refractivity (Wildman–Crippen MR) is 72.9 cm³/mol. The summed E-state index contributed by atoms with van der Waals surface area (Å²) in [6.45, 7) is 0. The zero-order valence-electron chi connectivity index (χ0n) is 10.1. The van der Waals surface area contributed by atoms with Crippen molar-refractivity contribution in [2.75, 3.05) is 7.11 Å². The van der Waals surface area contributed by atoms with Crippen molar-refractivity contribution >= 4 is 11.6 Å². The topological polar surface area (TPSA) is 48.1 Å². The Morgan fingerprint density at radius 1 is 1.22 bits per heavy atom. The molecule has 3 nitrogen and oxygen atoms in total. The fourth-order valence-corrected chi connectivity index (χ4v) is 1.86. The van der Waals surface area contributed by atoms with Gasteiger partial charge in [-0.25, -0.2) is 4.98 Å². The van der Waals surface area contributed by atoms with Crippen molar-refractivity contribution in [2.45, 2.75) is 12.5 Å². The average Bonchev–Trinajstić information content (AvgIpc) is 2.40. The van der Waals surface area contributed by atoms with E-state index in [1.165, 1.54) is 0 Å². The Balaban J connectivity index is 2.05. The number of rotatable bonds is 4. The normalized spacial score (nSPS) is 12.2. The van der Waals surface area contributed by atoms with E-state index in [1.807, 2.05) is 36.4 Å². The van der Waals surface area contributed by atoms with E-state index < -0.39 is 0 Å². The average molecular weight is 263 g/mol. The first-order valence-corrected chi connectivity index (χ1v) is 6.07. The van der Waals surface area contributed by atoms with E-state index in [2.05, 4.69) is 4.98 Å².